The van der Waals surface area contributed by atoms with Gasteiger partial charge in [-0.2, -0.15) is 0 Å². The minimum absolute atomic E-state index is 0.0589. The third-order valence-electron chi connectivity index (χ3n) is 2.87. The topological polar surface area (TPSA) is 84.6 Å². The summed E-state index contributed by atoms with van der Waals surface area (Å²) in [5.41, 5.74) is 0.377. The summed E-state index contributed by atoms with van der Waals surface area (Å²) in [5.74, 6) is 0.236. The first-order valence-corrected chi connectivity index (χ1v) is 5.38. The highest BCUT2D eigenvalue weighted by molar-refractivity contribution is 5.68. The Bertz CT molecular complexity index is 429. The van der Waals surface area contributed by atoms with Crippen LogP contribution in [0.3, 0.4) is 0 Å². The van der Waals surface area contributed by atoms with Gasteiger partial charge in [-0.15, -0.1) is 0 Å². The number of anilines is 1. The van der Waals surface area contributed by atoms with Crippen molar-refractivity contribution in [2.24, 2.45) is 0 Å². The van der Waals surface area contributed by atoms with E-state index in [0.29, 0.717) is 18.5 Å². The summed E-state index contributed by atoms with van der Waals surface area (Å²) in [6, 6.07) is 4.99. The second-order valence-corrected chi connectivity index (χ2v) is 4.08. The average Bonchev–Trinajstić information content (AvgIpc) is 2.26. The van der Waals surface area contributed by atoms with Gasteiger partial charge in [-0.25, -0.2) is 0 Å². The molecule has 0 amide bonds. The standard InChI is InChI=1S/C11H14N2O4/c1-17-10-4-2-3-9(11(10)13(15)16)12-7-5-8(14)6-7/h2-4,7-8,12,14H,5-6H2,1H3. The Morgan fingerprint density at radius 3 is 2.76 bits per heavy atom. The number of hydrogen-bond donors (Lipinski definition) is 2. The summed E-state index contributed by atoms with van der Waals surface area (Å²) in [5, 5.41) is 23.2. The Hall–Kier alpha value is -1.82. The minimum Gasteiger partial charge on any atom is -0.490 e. The Labute approximate surface area is 98.4 Å². The van der Waals surface area contributed by atoms with E-state index in [1.165, 1.54) is 7.11 Å². The maximum Gasteiger partial charge on any atom is 0.333 e. The molecule has 92 valence electrons. The molecule has 2 rings (SSSR count). The Kier molecular flexibility index (Phi) is 3.14. The van der Waals surface area contributed by atoms with Crippen LogP contribution in [-0.2, 0) is 0 Å². The number of hydrogen-bond acceptors (Lipinski definition) is 5. The van der Waals surface area contributed by atoms with Crippen molar-refractivity contribution in [3.05, 3.63) is 28.3 Å². The lowest BCUT2D eigenvalue weighted by molar-refractivity contribution is -0.384. The molecular formula is C11H14N2O4. The number of nitro groups is 1. The first kappa shape index (κ1) is 11.7. The lowest BCUT2D eigenvalue weighted by Crippen LogP contribution is -2.39. The van der Waals surface area contributed by atoms with Gasteiger partial charge in [0.1, 0.15) is 5.69 Å². The number of rotatable bonds is 4. The van der Waals surface area contributed by atoms with E-state index in [1.807, 2.05) is 0 Å². The molecule has 1 aliphatic carbocycles. The van der Waals surface area contributed by atoms with Crippen molar-refractivity contribution in [3.8, 4) is 5.75 Å². The van der Waals surface area contributed by atoms with E-state index in [0.717, 1.165) is 0 Å². The van der Waals surface area contributed by atoms with Crippen LogP contribution in [0.25, 0.3) is 0 Å². The van der Waals surface area contributed by atoms with E-state index < -0.39 is 4.92 Å². The molecule has 6 heteroatoms. The number of ether oxygens (including phenoxy) is 1. The van der Waals surface area contributed by atoms with Gasteiger partial charge in [0.2, 0.25) is 0 Å². The fourth-order valence-corrected chi connectivity index (χ4v) is 1.92. The molecule has 0 aliphatic heterocycles. The maximum absolute atomic E-state index is 11.0. The Balaban J connectivity index is 2.23. The summed E-state index contributed by atoms with van der Waals surface area (Å²) >= 11 is 0. The molecule has 0 heterocycles. The van der Waals surface area contributed by atoms with Crippen molar-refractivity contribution in [2.75, 3.05) is 12.4 Å². The van der Waals surface area contributed by atoms with E-state index in [-0.39, 0.29) is 23.6 Å². The van der Waals surface area contributed by atoms with Crippen molar-refractivity contribution < 1.29 is 14.8 Å². The molecule has 1 aliphatic rings. The van der Waals surface area contributed by atoms with Crippen molar-refractivity contribution in [2.45, 2.75) is 25.0 Å². The summed E-state index contributed by atoms with van der Waals surface area (Å²) in [7, 11) is 1.40. The molecule has 1 aromatic carbocycles. The first-order chi connectivity index (χ1) is 8.11. The van der Waals surface area contributed by atoms with Gasteiger partial charge < -0.3 is 15.2 Å². The highest BCUT2D eigenvalue weighted by Gasteiger charge is 2.30. The van der Waals surface area contributed by atoms with Crippen LogP contribution >= 0.6 is 0 Å². The second kappa shape index (κ2) is 4.58. The number of methoxy groups -OCH3 is 1. The van der Waals surface area contributed by atoms with Crippen LogP contribution in [0.15, 0.2) is 18.2 Å². The van der Waals surface area contributed by atoms with Crippen LogP contribution in [-0.4, -0.2) is 29.3 Å². The van der Waals surface area contributed by atoms with E-state index in [9.17, 15) is 15.2 Å². The van der Waals surface area contributed by atoms with Crippen LogP contribution in [0.4, 0.5) is 11.4 Å². The van der Waals surface area contributed by atoms with E-state index >= 15 is 0 Å². The Morgan fingerprint density at radius 2 is 2.24 bits per heavy atom. The number of benzene rings is 1. The van der Waals surface area contributed by atoms with Gasteiger partial charge in [-0.05, 0) is 25.0 Å². The summed E-state index contributed by atoms with van der Waals surface area (Å²) in [6.07, 6.45) is 0.945. The lowest BCUT2D eigenvalue weighted by atomic mass is 9.89. The largest absolute Gasteiger partial charge is 0.490 e. The molecule has 0 saturated heterocycles. The summed E-state index contributed by atoms with van der Waals surface area (Å²) in [6.45, 7) is 0. The second-order valence-electron chi connectivity index (χ2n) is 4.08. The summed E-state index contributed by atoms with van der Waals surface area (Å²) < 4.78 is 4.97. The molecule has 0 spiro atoms. The highest BCUT2D eigenvalue weighted by atomic mass is 16.6. The van der Waals surface area contributed by atoms with E-state index in [2.05, 4.69) is 5.32 Å². The molecule has 1 saturated carbocycles. The molecule has 0 radical (unpaired) electrons. The Morgan fingerprint density at radius 1 is 1.53 bits per heavy atom. The molecule has 0 aromatic heterocycles. The molecule has 1 aromatic rings. The predicted molar refractivity (Wildman–Crippen MR) is 62.3 cm³/mol. The molecule has 17 heavy (non-hydrogen) atoms. The maximum atomic E-state index is 11.0. The van der Waals surface area contributed by atoms with E-state index in [1.54, 1.807) is 18.2 Å². The van der Waals surface area contributed by atoms with Crippen molar-refractivity contribution in [1.82, 2.24) is 0 Å². The fourth-order valence-electron chi connectivity index (χ4n) is 1.92. The predicted octanol–water partition coefficient (Wildman–Crippen LogP) is 1.54. The van der Waals surface area contributed by atoms with Crippen molar-refractivity contribution >= 4 is 11.4 Å². The number of aliphatic hydroxyl groups is 1. The normalized spacial score (nSPS) is 22.7. The zero-order valence-electron chi connectivity index (χ0n) is 9.42. The van der Waals surface area contributed by atoms with Gasteiger partial charge in [0.15, 0.2) is 5.75 Å². The van der Waals surface area contributed by atoms with Crippen LogP contribution in [0, 0.1) is 10.1 Å². The molecule has 2 N–H and O–H groups in total. The average molecular weight is 238 g/mol. The SMILES string of the molecule is COc1cccc(NC2CC(O)C2)c1[N+](=O)[O-]. The van der Waals surface area contributed by atoms with E-state index in [4.69, 9.17) is 4.74 Å². The van der Waals surface area contributed by atoms with Crippen LogP contribution in [0.5, 0.6) is 5.75 Å². The smallest absolute Gasteiger partial charge is 0.333 e. The van der Waals surface area contributed by atoms with Crippen molar-refractivity contribution in [3.63, 3.8) is 0 Å². The molecule has 0 unspecified atom stereocenters. The molecule has 0 bridgehead atoms. The fraction of sp³-hybridized carbons (Fsp3) is 0.455. The third-order valence-corrected chi connectivity index (χ3v) is 2.87. The number of nitrogens with zero attached hydrogens (tertiary/aromatic N) is 1. The molecular weight excluding hydrogens is 224 g/mol. The quantitative estimate of drug-likeness (QED) is 0.614. The number of nitrogens with one attached hydrogen (secondary N) is 1. The van der Waals surface area contributed by atoms with Gasteiger partial charge in [-0.3, -0.25) is 10.1 Å². The third kappa shape index (κ3) is 2.31. The van der Waals surface area contributed by atoms with Gasteiger partial charge in [-0.1, -0.05) is 6.07 Å². The minimum atomic E-state index is -0.462. The summed E-state index contributed by atoms with van der Waals surface area (Å²) in [4.78, 5) is 10.5. The van der Waals surface area contributed by atoms with Crippen LogP contribution < -0.4 is 10.1 Å². The van der Waals surface area contributed by atoms with Gasteiger partial charge in [0, 0.05) is 6.04 Å². The van der Waals surface area contributed by atoms with Gasteiger partial charge in [0.25, 0.3) is 0 Å². The van der Waals surface area contributed by atoms with Gasteiger partial charge in [0.05, 0.1) is 18.1 Å². The number of para-hydroxylation sites is 1. The van der Waals surface area contributed by atoms with Crippen LogP contribution in [0.2, 0.25) is 0 Å². The highest BCUT2D eigenvalue weighted by Crippen LogP contribution is 2.36. The molecule has 6 nitrogen and oxygen atoms in total. The first-order valence-electron chi connectivity index (χ1n) is 5.38. The molecule has 1 fully saturated rings. The number of aliphatic hydroxyl groups excluding tert-OH is 1. The van der Waals surface area contributed by atoms with Gasteiger partial charge >= 0.3 is 5.69 Å². The zero-order chi connectivity index (χ0) is 12.4. The zero-order valence-corrected chi connectivity index (χ0v) is 9.42. The lowest BCUT2D eigenvalue weighted by Gasteiger charge is -2.32. The van der Waals surface area contributed by atoms with Crippen LogP contribution in [0.1, 0.15) is 12.8 Å². The number of nitro benzene ring substituents is 1. The molecule has 0 atom stereocenters. The monoisotopic (exact) mass is 238 g/mol. The van der Waals surface area contributed by atoms with Crippen molar-refractivity contribution in [1.29, 1.82) is 0 Å².